The first kappa shape index (κ1) is 15.6. The zero-order valence-corrected chi connectivity index (χ0v) is 13.9. The zero-order valence-electron chi connectivity index (χ0n) is 11.6. The van der Waals surface area contributed by atoms with Crippen molar-refractivity contribution in [2.75, 3.05) is 25.5 Å². The third kappa shape index (κ3) is 3.67. The maximum Gasteiger partial charge on any atom is 0.257 e. The summed E-state index contributed by atoms with van der Waals surface area (Å²) in [5, 5.41) is 1.54. The molecule has 1 heterocycles. The minimum absolute atomic E-state index is 0.0172. The summed E-state index contributed by atoms with van der Waals surface area (Å²) < 4.78 is 5.27. The van der Waals surface area contributed by atoms with Crippen LogP contribution in [-0.4, -0.2) is 36.3 Å². The summed E-state index contributed by atoms with van der Waals surface area (Å²) in [7, 11) is 1.57. The monoisotopic (exact) mass is 359 g/mol. The molecule has 110 valence electrons. The highest BCUT2D eigenvalue weighted by Gasteiger charge is 2.26. The van der Waals surface area contributed by atoms with Gasteiger partial charge in [-0.25, -0.2) is 0 Å². The van der Waals surface area contributed by atoms with Crippen LogP contribution in [0.25, 0.3) is 0 Å². The van der Waals surface area contributed by atoms with Crippen LogP contribution in [0.1, 0.15) is 29.6 Å². The number of alkyl halides is 1. The Morgan fingerprint density at radius 1 is 1.55 bits per heavy atom. The molecule has 0 N–H and O–H groups in total. The number of methoxy groups -OCH3 is 1. The molecule has 1 unspecified atom stereocenters. The molecule has 0 radical (unpaired) electrons. The van der Waals surface area contributed by atoms with Crippen LogP contribution in [0.15, 0.2) is 18.2 Å². The Morgan fingerprint density at radius 3 is 3.05 bits per heavy atom. The van der Waals surface area contributed by atoms with Gasteiger partial charge in [-0.2, -0.15) is 0 Å². The van der Waals surface area contributed by atoms with Crippen LogP contribution in [0.2, 0.25) is 5.02 Å². The molecule has 1 atom stereocenters. The summed E-state index contributed by atoms with van der Waals surface area (Å²) in [6.07, 6.45) is 3.37. The predicted molar refractivity (Wildman–Crippen MR) is 85.0 cm³/mol. The number of likely N-dealkylation sites (tertiary alicyclic amines) is 1. The highest BCUT2D eigenvalue weighted by molar-refractivity contribution is 9.09. The van der Waals surface area contributed by atoms with Gasteiger partial charge in [-0.3, -0.25) is 4.79 Å². The lowest BCUT2D eigenvalue weighted by Crippen LogP contribution is -2.40. The Balaban J connectivity index is 2.16. The first-order valence-electron chi connectivity index (χ1n) is 6.84. The van der Waals surface area contributed by atoms with Gasteiger partial charge in [0.2, 0.25) is 0 Å². The van der Waals surface area contributed by atoms with Crippen molar-refractivity contribution in [2.24, 2.45) is 5.92 Å². The second kappa shape index (κ2) is 7.32. The van der Waals surface area contributed by atoms with E-state index in [4.69, 9.17) is 16.3 Å². The number of amides is 1. The number of hydrogen-bond donors (Lipinski definition) is 0. The maximum atomic E-state index is 12.7. The first-order chi connectivity index (χ1) is 9.65. The third-order valence-corrected chi connectivity index (χ3v) is 4.41. The summed E-state index contributed by atoms with van der Waals surface area (Å²) in [6, 6.07) is 5.17. The van der Waals surface area contributed by atoms with Gasteiger partial charge in [0.1, 0.15) is 5.75 Å². The van der Waals surface area contributed by atoms with E-state index in [2.05, 4.69) is 15.9 Å². The predicted octanol–water partition coefficient (Wildman–Crippen LogP) is 3.99. The van der Waals surface area contributed by atoms with E-state index in [9.17, 15) is 4.79 Å². The molecule has 0 aromatic heterocycles. The minimum atomic E-state index is 0.0172. The summed E-state index contributed by atoms with van der Waals surface area (Å²) >= 11 is 9.48. The van der Waals surface area contributed by atoms with E-state index < -0.39 is 0 Å². The van der Waals surface area contributed by atoms with Crippen molar-refractivity contribution in [3.8, 4) is 5.75 Å². The zero-order chi connectivity index (χ0) is 14.5. The van der Waals surface area contributed by atoms with E-state index in [1.165, 1.54) is 6.42 Å². The van der Waals surface area contributed by atoms with E-state index in [1.807, 2.05) is 4.90 Å². The lowest BCUT2D eigenvalue weighted by molar-refractivity contribution is 0.0668. The van der Waals surface area contributed by atoms with Crippen molar-refractivity contribution in [1.82, 2.24) is 4.90 Å². The van der Waals surface area contributed by atoms with Crippen LogP contribution in [0, 0.1) is 5.92 Å². The van der Waals surface area contributed by atoms with Crippen molar-refractivity contribution in [1.29, 1.82) is 0 Å². The van der Waals surface area contributed by atoms with Gasteiger partial charge in [-0.1, -0.05) is 27.5 Å². The molecule has 0 spiro atoms. The Hall–Kier alpha value is -0.740. The second-order valence-corrected chi connectivity index (χ2v) is 6.31. The number of halogens is 2. The van der Waals surface area contributed by atoms with Gasteiger partial charge in [0.05, 0.1) is 12.7 Å². The van der Waals surface area contributed by atoms with Crippen LogP contribution < -0.4 is 4.74 Å². The Bertz CT molecular complexity index is 479. The summed E-state index contributed by atoms with van der Waals surface area (Å²) in [4.78, 5) is 14.6. The molecule has 0 aliphatic carbocycles. The Morgan fingerprint density at radius 2 is 2.35 bits per heavy atom. The number of carbonyl (C=O) groups is 1. The fraction of sp³-hybridized carbons (Fsp3) is 0.533. The number of ether oxygens (including phenoxy) is 1. The van der Waals surface area contributed by atoms with Gasteiger partial charge in [-0.15, -0.1) is 0 Å². The lowest BCUT2D eigenvalue weighted by atomic mass is 9.95. The average Bonchev–Trinajstić information content (AvgIpc) is 2.47. The largest absolute Gasteiger partial charge is 0.496 e. The van der Waals surface area contributed by atoms with Crippen LogP contribution in [0.5, 0.6) is 5.75 Å². The van der Waals surface area contributed by atoms with Gasteiger partial charge >= 0.3 is 0 Å². The van der Waals surface area contributed by atoms with E-state index >= 15 is 0 Å². The lowest BCUT2D eigenvalue weighted by Gasteiger charge is -2.33. The van der Waals surface area contributed by atoms with Gasteiger partial charge in [0.25, 0.3) is 5.91 Å². The second-order valence-electron chi connectivity index (χ2n) is 5.08. The normalized spacial score (nSPS) is 18.9. The first-order valence-corrected chi connectivity index (χ1v) is 8.34. The molecule has 1 aromatic carbocycles. The fourth-order valence-electron chi connectivity index (χ4n) is 2.66. The molecule has 1 aliphatic rings. The SMILES string of the molecule is COc1ccc(Cl)cc1C(=O)N1CCCC(CCBr)C1. The number of benzene rings is 1. The fourth-order valence-corrected chi connectivity index (χ4v) is 3.48. The number of carbonyl (C=O) groups excluding carboxylic acids is 1. The smallest absolute Gasteiger partial charge is 0.257 e. The number of piperidine rings is 1. The molecule has 0 saturated carbocycles. The standard InChI is InChI=1S/C15H19BrClNO2/c1-20-14-5-4-12(17)9-13(14)15(19)18-8-2-3-11(10-18)6-7-16/h4-5,9,11H,2-3,6-8,10H2,1H3. The molecule has 1 amide bonds. The molecule has 0 bridgehead atoms. The molecule has 5 heteroatoms. The van der Waals surface area contributed by atoms with Crippen LogP contribution >= 0.6 is 27.5 Å². The van der Waals surface area contributed by atoms with Crippen molar-refractivity contribution in [3.63, 3.8) is 0 Å². The van der Waals surface area contributed by atoms with Crippen LogP contribution in [0.4, 0.5) is 0 Å². The molecule has 20 heavy (non-hydrogen) atoms. The van der Waals surface area contributed by atoms with E-state index in [0.29, 0.717) is 22.3 Å². The van der Waals surface area contributed by atoms with Gasteiger partial charge in [-0.05, 0) is 43.4 Å². The highest BCUT2D eigenvalue weighted by atomic mass is 79.9. The summed E-state index contributed by atoms with van der Waals surface area (Å²) in [5.74, 6) is 1.18. The van der Waals surface area contributed by atoms with Crippen molar-refractivity contribution < 1.29 is 9.53 Å². The highest BCUT2D eigenvalue weighted by Crippen LogP contribution is 2.27. The molecule has 2 rings (SSSR count). The van der Waals surface area contributed by atoms with Crippen molar-refractivity contribution >= 4 is 33.4 Å². The third-order valence-electron chi connectivity index (χ3n) is 3.72. The molecule has 1 aliphatic heterocycles. The molecular weight excluding hydrogens is 342 g/mol. The van der Waals surface area contributed by atoms with E-state index in [0.717, 1.165) is 31.3 Å². The topological polar surface area (TPSA) is 29.5 Å². The van der Waals surface area contributed by atoms with Crippen LogP contribution in [0.3, 0.4) is 0 Å². The Labute approximate surface area is 133 Å². The molecule has 1 saturated heterocycles. The van der Waals surface area contributed by atoms with E-state index in [-0.39, 0.29) is 5.91 Å². The molecular formula is C15H19BrClNO2. The summed E-state index contributed by atoms with van der Waals surface area (Å²) in [5.41, 5.74) is 0.555. The Kier molecular flexibility index (Phi) is 5.73. The van der Waals surface area contributed by atoms with Crippen molar-refractivity contribution in [2.45, 2.75) is 19.3 Å². The number of hydrogen-bond acceptors (Lipinski definition) is 2. The van der Waals surface area contributed by atoms with Crippen LogP contribution in [-0.2, 0) is 0 Å². The number of nitrogens with zero attached hydrogens (tertiary/aromatic N) is 1. The molecule has 3 nitrogen and oxygen atoms in total. The van der Waals surface area contributed by atoms with Gasteiger partial charge in [0, 0.05) is 23.4 Å². The number of rotatable bonds is 4. The summed E-state index contributed by atoms with van der Waals surface area (Å²) in [6.45, 7) is 1.63. The van der Waals surface area contributed by atoms with Crippen molar-refractivity contribution in [3.05, 3.63) is 28.8 Å². The molecule has 1 fully saturated rings. The average molecular weight is 361 g/mol. The maximum absolute atomic E-state index is 12.7. The van der Waals surface area contributed by atoms with E-state index in [1.54, 1.807) is 25.3 Å². The van der Waals surface area contributed by atoms with Gasteiger partial charge in [0.15, 0.2) is 0 Å². The quantitative estimate of drug-likeness (QED) is 0.760. The molecule has 1 aromatic rings. The minimum Gasteiger partial charge on any atom is -0.496 e. The van der Waals surface area contributed by atoms with Gasteiger partial charge < -0.3 is 9.64 Å².